The molecule has 0 spiro atoms. The number of carbonyl (C=O) groups is 3. The number of benzene rings is 2. The van der Waals surface area contributed by atoms with Crippen LogP contribution in [0.25, 0.3) is 0 Å². The minimum absolute atomic E-state index is 0.0729. The summed E-state index contributed by atoms with van der Waals surface area (Å²) in [5, 5.41) is 14.1. The van der Waals surface area contributed by atoms with Crippen LogP contribution in [-0.2, 0) is 10.3 Å². The second kappa shape index (κ2) is 7.23. The Morgan fingerprint density at radius 3 is 2.59 bits per heavy atom. The molecular weight excluding hydrogens is 380 g/mol. The van der Waals surface area contributed by atoms with Gasteiger partial charge in [0.25, 0.3) is 17.5 Å². The van der Waals surface area contributed by atoms with E-state index < -0.39 is 28.3 Å². The molecule has 1 heterocycles. The number of nitrogens with zero attached hydrogens (tertiary/aromatic N) is 2. The monoisotopic (exact) mass is 398 g/mol. The number of rotatable bonds is 5. The molecular formula is C19H18N4O6. The standard InChI is InChI=1S/C19H18N4O6/c1-11-9-12(7-8-15(11)23(27)28)16(24)21-22-17(25)19(2,20-18(22)26)13-5-4-6-14(10-13)29-3/h4-10H,1-3H3,(H,20,26)(H,21,24)/t19-/m0/s1. The Hall–Kier alpha value is -3.95. The highest BCUT2D eigenvalue weighted by atomic mass is 16.6. The minimum Gasteiger partial charge on any atom is -0.497 e. The molecule has 0 saturated carbocycles. The first-order valence-corrected chi connectivity index (χ1v) is 8.54. The number of urea groups is 1. The summed E-state index contributed by atoms with van der Waals surface area (Å²) in [7, 11) is 1.48. The van der Waals surface area contributed by atoms with E-state index in [4.69, 9.17) is 4.74 Å². The van der Waals surface area contributed by atoms with Crippen LogP contribution in [0, 0.1) is 17.0 Å². The highest BCUT2D eigenvalue weighted by Crippen LogP contribution is 2.30. The van der Waals surface area contributed by atoms with Crippen molar-refractivity contribution in [2.24, 2.45) is 0 Å². The number of nitrogens with one attached hydrogen (secondary N) is 2. The summed E-state index contributed by atoms with van der Waals surface area (Å²) in [4.78, 5) is 48.1. The number of carbonyl (C=O) groups excluding carboxylic acids is 3. The summed E-state index contributed by atoms with van der Waals surface area (Å²) in [6, 6.07) is 9.61. The average molecular weight is 398 g/mol. The first kappa shape index (κ1) is 19.8. The largest absolute Gasteiger partial charge is 0.497 e. The molecule has 4 amide bonds. The zero-order valence-corrected chi connectivity index (χ0v) is 15.9. The molecule has 2 aromatic rings. The summed E-state index contributed by atoms with van der Waals surface area (Å²) in [5.74, 6) is -0.918. The number of ether oxygens (including phenoxy) is 1. The Kier molecular flexibility index (Phi) is 4.93. The van der Waals surface area contributed by atoms with Crippen molar-refractivity contribution < 1.29 is 24.0 Å². The fraction of sp³-hybridized carbons (Fsp3) is 0.211. The first-order valence-electron chi connectivity index (χ1n) is 8.54. The molecule has 150 valence electrons. The summed E-state index contributed by atoms with van der Waals surface area (Å²) in [6.07, 6.45) is 0. The van der Waals surface area contributed by atoms with Crippen LogP contribution in [0.4, 0.5) is 10.5 Å². The van der Waals surface area contributed by atoms with Gasteiger partial charge < -0.3 is 10.1 Å². The molecule has 10 heteroatoms. The Morgan fingerprint density at radius 1 is 1.24 bits per heavy atom. The quantitative estimate of drug-likeness (QED) is 0.450. The second-order valence-electron chi connectivity index (χ2n) is 6.63. The van der Waals surface area contributed by atoms with E-state index in [2.05, 4.69) is 10.7 Å². The molecule has 2 aromatic carbocycles. The molecule has 10 nitrogen and oxygen atoms in total. The van der Waals surface area contributed by atoms with Crippen molar-refractivity contribution in [1.82, 2.24) is 15.8 Å². The number of nitro benzene ring substituents is 1. The van der Waals surface area contributed by atoms with Crippen molar-refractivity contribution in [3.05, 3.63) is 69.3 Å². The Labute approximate surface area is 165 Å². The summed E-state index contributed by atoms with van der Waals surface area (Å²) >= 11 is 0. The van der Waals surface area contributed by atoms with E-state index in [1.807, 2.05) is 0 Å². The summed E-state index contributed by atoms with van der Waals surface area (Å²) < 4.78 is 5.15. The lowest BCUT2D eigenvalue weighted by molar-refractivity contribution is -0.385. The SMILES string of the molecule is COc1cccc([C@]2(C)NC(=O)N(NC(=O)c3ccc([N+](=O)[O-])c(C)c3)C2=O)c1. The number of aryl methyl sites for hydroxylation is 1. The van der Waals surface area contributed by atoms with Crippen molar-refractivity contribution in [2.45, 2.75) is 19.4 Å². The maximum Gasteiger partial charge on any atom is 0.344 e. The number of imide groups is 1. The molecule has 0 aromatic heterocycles. The van der Waals surface area contributed by atoms with Gasteiger partial charge in [0.05, 0.1) is 12.0 Å². The maximum absolute atomic E-state index is 12.9. The van der Waals surface area contributed by atoms with Gasteiger partial charge in [-0.05, 0) is 43.7 Å². The van der Waals surface area contributed by atoms with Crippen molar-refractivity contribution in [2.75, 3.05) is 7.11 Å². The van der Waals surface area contributed by atoms with E-state index >= 15 is 0 Å². The smallest absolute Gasteiger partial charge is 0.344 e. The Bertz CT molecular complexity index is 1040. The highest BCUT2D eigenvalue weighted by Gasteiger charge is 2.50. The maximum atomic E-state index is 12.9. The highest BCUT2D eigenvalue weighted by molar-refractivity contribution is 6.09. The normalized spacial score (nSPS) is 18.4. The van der Waals surface area contributed by atoms with Crippen molar-refractivity contribution in [3.63, 3.8) is 0 Å². The van der Waals surface area contributed by atoms with Gasteiger partial charge in [-0.15, -0.1) is 0 Å². The Morgan fingerprint density at radius 2 is 1.97 bits per heavy atom. The lowest BCUT2D eigenvalue weighted by atomic mass is 9.92. The third-order valence-electron chi connectivity index (χ3n) is 4.71. The van der Waals surface area contributed by atoms with Crippen molar-refractivity contribution in [1.29, 1.82) is 0 Å². The van der Waals surface area contributed by atoms with E-state index in [0.29, 0.717) is 16.3 Å². The van der Waals surface area contributed by atoms with E-state index in [9.17, 15) is 24.5 Å². The molecule has 0 radical (unpaired) electrons. The number of nitro groups is 1. The minimum atomic E-state index is -1.40. The lowest BCUT2D eigenvalue weighted by Crippen LogP contribution is -2.47. The molecule has 0 bridgehead atoms. The van der Waals surface area contributed by atoms with Gasteiger partial charge in [-0.3, -0.25) is 25.1 Å². The Balaban J connectivity index is 1.84. The second-order valence-corrected chi connectivity index (χ2v) is 6.63. The third-order valence-corrected chi connectivity index (χ3v) is 4.71. The molecule has 1 atom stereocenters. The van der Waals surface area contributed by atoms with Crippen LogP contribution in [0.3, 0.4) is 0 Å². The molecule has 3 rings (SSSR count). The fourth-order valence-electron chi connectivity index (χ4n) is 3.04. The van der Waals surface area contributed by atoms with Crippen LogP contribution in [0.1, 0.15) is 28.4 Å². The van der Waals surface area contributed by atoms with Crippen molar-refractivity contribution >= 4 is 23.5 Å². The van der Waals surface area contributed by atoms with Gasteiger partial charge in [-0.1, -0.05) is 12.1 Å². The van der Waals surface area contributed by atoms with E-state index in [1.54, 1.807) is 24.3 Å². The topological polar surface area (TPSA) is 131 Å². The third kappa shape index (κ3) is 3.47. The molecule has 1 aliphatic rings. The van der Waals surface area contributed by atoms with E-state index in [0.717, 1.165) is 0 Å². The molecule has 29 heavy (non-hydrogen) atoms. The number of hydrogen-bond donors (Lipinski definition) is 2. The van der Waals surface area contributed by atoms with Crippen LogP contribution >= 0.6 is 0 Å². The van der Waals surface area contributed by atoms with Gasteiger partial charge in [0.15, 0.2) is 0 Å². The number of hydrazine groups is 1. The van der Waals surface area contributed by atoms with Gasteiger partial charge in [0, 0.05) is 17.2 Å². The molecule has 1 aliphatic heterocycles. The fourth-order valence-corrected chi connectivity index (χ4v) is 3.04. The van der Waals surface area contributed by atoms with Crippen LogP contribution in [-0.4, -0.2) is 34.9 Å². The first-order chi connectivity index (χ1) is 13.7. The predicted octanol–water partition coefficient (Wildman–Crippen LogP) is 2.02. The van der Waals surface area contributed by atoms with Gasteiger partial charge in [0.2, 0.25) is 0 Å². The molecule has 1 saturated heterocycles. The number of hydrogen-bond acceptors (Lipinski definition) is 6. The van der Waals surface area contributed by atoms with Gasteiger partial charge in [-0.2, -0.15) is 5.01 Å². The molecule has 0 aliphatic carbocycles. The average Bonchev–Trinajstić information content (AvgIpc) is 2.91. The van der Waals surface area contributed by atoms with Gasteiger partial charge in [-0.25, -0.2) is 4.79 Å². The zero-order valence-electron chi connectivity index (χ0n) is 15.9. The van der Waals surface area contributed by atoms with Gasteiger partial charge >= 0.3 is 6.03 Å². The van der Waals surface area contributed by atoms with E-state index in [-0.39, 0.29) is 16.8 Å². The summed E-state index contributed by atoms with van der Waals surface area (Å²) in [5.41, 5.74) is 1.56. The number of amides is 4. The predicted molar refractivity (Wildman–Crippen MR) is 101 cm³/mol. The van der Waals surface area contributed by atoms with Crippen LogP contribution in [0.15, 0.2) is 42.5 Å². The zero-order chi connectivity index (χ0) is 21.3. The van der Waals surface area contributed by atoms with E-state index in [1.165, 1.54) is 39.2 Å². The lowest BCUT2D eigenvalue weighted by Gasteiger charge is -2.22. The molecule has 1 fully saturated rings. The van der Waals surface area contributed by atoms with Crippen LogP contribution in [0.2, 0.25) is 0 Å². The molecule has 2 N–H and O–H groups in total. The molecule has 0 unspecified atom stereocenters. The summed E-state index contributed by atoms with van der Waals surface area (Å²) in [6.45, 7) is 3.01. The van der Waals surface area contributed by atoms with Crippen molar-refractivity contribution in [3.8, 4) is 5.75 Å². The van der Waals surface area contributed by atoms with Crippen LogP contribution < -0.4 is 15.5 Å². The van der Waals surface area contributed by atoms with Crippen LogP contribution in [0.5, 0.6) is 5.75 Å². The number of methoxy groups -OCH3 is 1. The van der Waals surface area contributed by atoms with Gasteiger partial charge in [0.1, 0.15) is 11.3 Å².